The van der Waals surface area contributed by atoms with Crippen LogP contribution in [0.3, 0.4) is 0 Å². The van der Waals surface area contributed by atoms with Crippen molar-refractivity contribution in [2.45, 2.75) is 131 Å². The van der Waals surface area contributed by atoms with Gasteiger partial charge >= 0.3 is 0 Å². The molecule has 220 valence electrons. The summed E-state index contributed by atoms with van der Waals surface area (Å²) in [6.07, 6.45) is 17.9. The van der Waals surface area contributed by atoms with Gasteiger partial charge in [-0.25, -0.2) is 0 Å². The van der Waals surface area contributed by atoms with E-state index in [1.54, 1.807) is 0 Å². The van der Waals surface area contributed by atoms with E-state index in [-0.39, 0.29) is 5.91 Å². The molecule has 2 N–H and O–H groups in total. The van der Waals surface area contributed by atoms with Crippen molar-refractivity contribution < 1.29 is 4.79 Å². The summed E-state index contributed by atoms with van der Waals surface area (Å²) in [5.74, 6) is 8.94. The zero-order chi connectivity index (χ0) is 27.3. The fraction of sp³-hybridized carbons (Fsp3) is 0.971. The Bertz CT molecular complexity index is 757. The molecule has 0 spiro atoms. The highest BCUT2D eigenvalue weighted by atomic mass is 32.2. The van der Waals surface area contributed by atoms with Gasteiger partial charge in [0.15, 0.2) is 0 Å². The molecule has 0 aromatic heterocycles. The maximum absolute atomic E-state index is 12.6. The molecular weight excluding hydrogens is 484 g/mol. The maximum atomic E-state index is 12.6. The second kappa shape index (κ2) is 13.6. The summed E-state index contributed by atoms with van der Waals surface area (Å²) in [6.45, 7) is 16.4. The van der Waals surface area contributed by atoms with E-state index in [1.807, 2.05) is 11.8 Å². The Morgan fingerprint density at radius 2 is 1.68 bits per heavy atom. The molecule has 0 saturated heterocycles. The second-order valence-corrected chi connectivity index (χ2v) is 16.3. The molecule has 0 aliphatic heterocycles. The van der Waals surface area contributed by atoms with Gasteiger partial charge in [0.05, 0.1) is 6.54 Å². The average molecular weight is 547 g/mol. The van der Waals surface area contributed by atoms with Gasteiger partial charge in [-0.3, -0.25) is 4.79 Å². The zero-order valence-electron chi connectivity index (χ0n) is 26.0. The third-order valence-electron chi connectivity index (χ3n) is 12.4. The highest BCUT2D eigenvalue weighted by Crippen LogP contribution is 2.68. The van der Waals surface area contributed by atoms with Crippen molar-refractivity contribution in [3.63, 3.8) is 0 Å². The molecule has 1 amide bonds. The summed E-state index contributed by atoms with van der Waals surface area (Å²) < 4.78 is 0. The van der Waals surface area contributed by atoms with Crippen LogP contribution in [0, 0.1) is 52.3 Å². The second-order valence-electron chi connectivity index (χ2n) is 15.0. The molecule has 9 atom stereocenters. The zero-order valence-corrected chi connectivity index (χ0v) is 26.8. The third-order valence-corrected chi connectivity index (χ3v) is 13.3. The molecule has 4 aliphatic carbocycles. The van der Waals surface area contributed by atoms with Crippen LogP contribution in [0.1, 0.15) is 125 Å². The topological polar surface area (TPSA) is 41.1 Å². The van der Waals surface area contributed by atoms with Crippen molar-refractivity contribution in [3.05, 3.63) is 0 Å². The Kier molecular flexibility index (Phi) is 11.0. The molecule has 4 fully saturated rings. The number of carbonyl (C=O) groups is 1. The van der Waals surface area contributed by atoms with Crippen LogP contribution in [0.25, 0.3) is 0 Å². The van der Waals surface area contributed by atoms with Gasteiger partial charge < -0.3 is 10.6 Å². The van der Waals surface area contributed by atoms with E-state index in [2.05, 4.69) is 52.2 Å². The Labute approximate surface area is 240 Å². The fourth-order valence-electron chi connectivity index (χ4n) is 10.3. The minimum atomic E-state index is 0.211. The predicted molar refractivity (Wildman–Crippen MR) is 165 cm³/mol. The minimum Gasteiger partial charge on any atom is -0.352 e. The smallest absolute Gasteiger partial charge is 0.234 e. The number of carbonyl (C=O) groups excluding carboxylic acids is 1. The number of amides is 1. The van der Waals surface area contributed by atoms with E-state index < -0.39 is 0 Å². The van der Waals surface area contributed by atoms with Gasteiger partial charge in [0.1, 0.15) is 0 Å². The van der Waals surface area contributed by atoms with Crippen molar-refractivity contribution >= 4 is 17.7 Å². The standard InChI is InChI=1S/C34H62N2OS/c1-7-38-21-9-20-35-23-32(37)36-27-16-18-33(5)26(22-27)12-13-28-30-15-14-29(25(4)11-8-10-24(2)3)34(30,6)19-17-31(28)33/h24-31,35H,7-23H2,1-6H3,(H,36,37)/t25-,26+,27+,28-,29+,30-,31-,33-,34+/m0/s1. The number of rotatable bonds is 13. The van der Waals surface area contributed by atoms with Crippen molar-refractivity contribution in [3.8, 4) is 0 Å². The van der Waals surface area contributed by atoms with Gasteiger partial charge in [-0.1, -0.05) is 60.8 Å². The van der Waals surface area contributed by atoms with Crippen LogP contribution in [-0.4, -0.2) is 36.5 Å². The quantitative estimate of drug-likeness (QED) is 0.228. The van der Waals surface area contributed by atoms with Crippen molar-refractivity contribution in [1.82, 2.24) is 10.6 Å². The monoisotopic (exact) mass is 546 g/mol. The van der Waals surface area contributed by atoms with E-state index in [0.29, 0.717) is 23.4 Å². The molecule has 4 rings (SSSR count). The summed E-state index contributed by atoms with van der Waals surface area (Å²) in [5.41, 5.74) is 1.09. The first kappa shape index (κ1) is 30.7. The van der Waals surface area contributed by atoms with Crippen LogP contribution in [0.4, 0.5) is 0 Å². The van der Waals surface area contributed by atoms with Gasteiger partial charge in [0, 0.05) is 6.04 Å². The molecule has 4 saturated carbocycles. The van der Waals surface area contributed by atoms with E-state index in [9.17, 15) is 4.79 Å². The van der Waals surface area contributed by atoms with E-state index >= 15 is 0 Å². The van der Waals surface area contributed by atoms with Crippen molar-refractivity contribution in [2.75, 3.05) is 24.6 Å². The first-order chi connectivity index (χ1) is 18.2. The number of thioether (sulfide) groups is 1. The summed E-state index contributed by atoms with van der Waals surface area (Å²) in [4.78, 5) is 12.6. The Hall–Kier alpha value is -0.220. The van der Waals surface area contributed by atoms with Crippen LogP contribution in [0.5, 0.6) is 0 Å². The van der Waals surface area contributed by atoms with Crippen LogP contribution in [0.2, 0.25) is 0 Å². The molecule has 0 bridgehead atoms. The fourth-order valence-corrected chi connectivity index (χ4v) is 11.0. The van der Waals surface area contributed by atoms with Gasteiger partial charge in [-0.15, -0.1) is 0 Å². The van der Waals surface area contributed by atoms with E-state index in [0.717, 1.165) is 54.4 Å². The molecule has 38 heavy (non-hydrogen) atoms. The van der Waals surface area contributed by atoms with Crippen LogP contribution in [-0.2, 0) is 4.79 Å². The van der Waals surface area contributed by atoms with Gasteiger partial charge in [-0.05, 0) is 135 Å². The van der Waals surface area contributed by atoms with Gasteiger partial charge in [-0.2, -0.15) is 11.8 Å². The van der Waals surface area contributed by atoms with Crippen LogP contribution in [0.15, 0.2) is 0 Å². The molecule has 0 heterocycles. The minimum absolute atomic E-state index is 0.211. The summed E-state index contributed by atoms with van der Waals surface area (Å²) >= 11 is 1.98. The lowest BCUT2D eigenvalue weighted by atomic mass is 9.44. The van der Waals surface area contributed by atoms with Gasteiger partial charge in [0.2, 0.25) is 5.91 Å². The highest BCUT2D eigenvalue weighted by Gasteiger charge is 2.60. The lowest BCUT2D eigenvalue weighted by molar-refractivity contribution is -0.127. The highest BCUT2D eigenvalue weighted by molar-refractivity contribution is 7.99. The molecule has 0 radical (unpaired) electrons. The Morgan fingerprint density at radius 3 is 2.45 bits per heavy atom. The number of fused-ring (bicyclic) bond motifs is 5. The molecule has 4 heteroatoms. The average Bonchev–Trinajstić information content (AvgIpc) is 3.23. The van der Waals surface area contributed by atoms with Crippen LogP contribution < -0.4 is 10.6 Å². The van der Waals surface area contributed by atoms with Crippen LogP contribution >= 0.6 is 11.8 Å². The molecule has 0 unspecified atom stereocenters. The maximum Gasteiger partial charge on any atom is 0.234 e. The number of nitrogens with one attached hydrogen (secondary N) is 2. The molecular formula is C34H62N2OS. The van der Waals surface area contributed by atoms with E-state index in [1.165, 1.54) is 88.6 Å². The Morgan fingerprint density at radius 1 is 0.921 bits per heavy atom. The first-order valence-electron chi connectivity index (χ1n) is 16.8. The third kappa shape index (κ3) is 6.80. The predicted octanol–water partition coefficient (Wildman–Crippen LogP) is 8.33. The lowest BCUT2D eigenvalue weighted by Gasteiger charge is -2.61. The molecule has 3 nitrogen and oxygen atoms in total. The van der Waals surface area contributed by atoms with Gasteiger partial charge in [0.25, 0.3) is 0 Å². The lowest BCUT2D eigenvalue weighted by Crippen LogP contribution is -2.56. The summed E-state index contributed by atoms with van der Waals surface area (Å²) in [7, 11) is 0. The molecule has 4 aliphatic rings. The first-order valence-corrected chi connectivity index (χ1v) is 17.9. The number of hydrogen-bond donors (Lipinski definition) is 2. The largest absolute Gasteiger partial charge is 0.352 e. The summed E-state index contributed by atoms with van der Waals surface area (Å²) in [6, 6.07) is 0.394. The number of hydrogen-bond acceptors (Lipinski definition) is 3. The SMILES string of the molecule is CCSCCCNCC(=O)N[C@@H]1CC[C@@]2(C)[C@H](CC[C@@H]3[C@@H]2CC[C@]2(C)[C@@H]([C@@H](C)CCCC(C)C)CC[C@@H]32)C1. The van der Waals surface area contributed by atoms with Crippen molar-refractivity contribution in [2.24, 2.45) is 52.3 Å². The molecule has 0 aromatic carbocycles. The van der Waals surface area contributed by atoms with Crippen molar-refractivity contribution in [1.29, 1.82) is 0 Å². The normalized spacial score (nSPS) is 39.3. The summed E-state index contributed by atoms with van der Waals surface area (Å²) in [5, 5.41) is 6.78. The van der Waals surface area contributed by atoms with E-state index in [4.69, 9.17) is 0 Å². The molecule has 0 aromatic rings. The Balaban J connectivity index is 1.28.